The minimum atomic E-state index is -0.0486. The molecule has 9 heteroatoms. The van der Waals surface area contributed by atoms with E-state index < -0.39 is 0 Å². The molecule has 0 aromatic carbocycles. The first-order valence-corrected chi connectivity index (χ1v) is 9.42. The average Bonchev–Trinajstić information content (AvgIpc) is 3.35. The number of aromatic nitrogens is 5. The molecule has 4 rings (SSSR count). The molecule has 3 aromatic heterocycles. The minimum Gasteiger partial charge on any atom is -0.376 e. The number of hydrogen-bond donors (Lipinski definition) is 1. The van der Waals surface area contributed by atoms with E-state index in [1.165, 1.54) is 11.8 Å². The maximum Gasteiger partial charge on any atom is 0.230 e. The van der Waals surface area contributed by atoms with Gasteiger partial charge in [-0.15, -0.1) is 10.2 Å². The summed E-state index contributed by atoms with van der Waals surface area (Å²) in [6.07, 6.45) is 5.65. The van der Waals surface area contributed by atoms with Gasteiger partial charge in [0.25, 0.3) is 0 Å². The Morgan fingerprint density at radius 3 is 2.96 bits per heavy atom. The molecule has 1 saturated heterocycles. The van der Waals surface area contributed by atoms with Crippen LogP contribution in [0.2, 0.25) is 0 Å². The van der Waals surface area contributed by atoms with Gasteiger partial charge in [0.1, 0.15) is 0 Å². The van der Waals surface area contributed by atoms with E-state index in [4.69, 9.17) is 4.74 Å². The zero-order chi connectivity index (χ0) is 17.8. The largest absolute Gasteiger partial charge is 0.376 e. The van der Waals surface area contributed by atoms with Gasteiger partial charge in [-0.05, 0) is 37.1 Å². The fraction of sp³-hybridized carbons (Fsp3) is 0.353. The summed E-state index contributed by atoms with van der Waals surface area (Å²) in [5, 5.41) is 16.3. The minimum absolute atomic E-state index is 0.0486. The summed E-state index contributed by atoms with van der Waals surface area (Å²) in [7, 11) is 0. The molecule has 4 heterocycles. The highest BCUT2D eigenvalue weighted by Gasteiger charge is 2.17. The number of carbonyl (C=O) groups excluding carboxylic acids is 1. The van der Waals surface area contributed by atoms with Gasteiger partial charge in [0.15, 0.2) is 5.65 Å². The Labute approximate surface area is 154 Å². The van der Waals surface area contributed by atoms with E-state index >= 15 is 0 Å². The van der Waals surface area contributed by atoms with Crippen LogP contribution in [0, 0.1) is 0 Å². The lowest BCUT2D eigenvalue weighted by Gasteiger charge is -2.10. The van der Waals surface area contributed by atoms with Gasteiger partial charge in [-0.1, -0.05) is 11.8 Å². The van der Waals surface area contributed by atoms with Crippen molar-refractivity contribution in [1.82, 2.24) is 30.1 Å². The molecule has 1 fully saturated rings. The van der Waals surface area contributed by atoms with Crippen molar-refractivity contribution in [2.24, 2.45) is 0 Å². The molecule has 0 saturated carbocycles. The van der Waals surface area contributed by atoms with Gasteiger partial charge in [-0.2, -0.15) is 9.61 Å². The molecule has 1 aliphatic heterocycles. The van der Waals surface area contributed by atoms with Crippen molar-refractivity contribution in [1.29, 1.82) is 0 Å². The number of pyridine rings is 1. The average molecular weight is 370 g/mol. The standard InChI is InChI=1S/C17H18N6O2S/c24-16(19-10-13-2-1-9-25-13)11-26-17-21-20-15-4-3-14(22-23(15)17)12-5-7-18-8-6-12/h3-8,13H,1-2,9-11H2,(H,19,24)/t13-/m1/s1. The van der Waals surface area contributed by atoms with E-state index in [-0.39, 0.29) is 17.8 Å². The van der Waals surface area contributed by atoms with Gasteiger partial charge in [-0.25, -0.2) is 0 Å². The van der Waals surface area contributed by atoms with Crippen LogP contribution in [0.5, 0.6) is 0 Å². The Morgan fingerprint density at radius 1 is 1.27 bits per heavy atom. The summed E-state index contributed by atoms with van der Waals surface area (Å²) in [4.78, 5) is 16.1. The van der Waals surface area contributed by atoms with Crippen molar-refractivity contribution < 1.29 is 9.53 Å². The first kappa shape index (κ1) is 16.9. The summed E-state index contributed by atoms with van der Waals surface area (Å²) in [6.45, 7) is 1.34. The molecule has 1 atom stereocenters. The van der Waals surface area contributed by atoms with Crippen LogP contribution in [0.15, 0.2) is 41.8 Å². The number of carbonyl (C=O) groups is 1. The van der Waals surface area contributed by atoms with Crippen molar-refractivity contribution in [3.8, 4) is 11.3 Å². The molecule has 0 unspecified atom stereocenters. The summed E-state index contributed by atoms with van der Waals surface area (Å²) in [5.74, 6) is 0.210. The van der Waals surface area contributed by atoms with Gasteiger partial charge in [0.2, 0.25) is 11.1 Å². The number of hydrogen-bond acceptors (Lipinski definition) is 7. The predicted molar refractivity (Wildman–Crippen MR) is 96.7 cm³/mol. The van der Waals surface area contributed by atoms with Gasteiger partial charge < -0.3 is 10.1 Å². The number of amides is 1. The first-order valence-electron chi connectivity index (χ1n) is 8.43. The lowest BCUT2D eigenvalue weighted by Crippen LogP contribution is -2.32. The summed E-state index contributed by atoms with van der Waals surface area (Å²) < 4.78 is 7.16. The Bertz CT molecular complexity index is 895. The fourth-order valence-corrected chi connectivity index (χ4v) is 3.47. The topological polar surface area (TPSA) is 94.3 Å². The molecule has 134 valence electrons. The molecular weight excluding hydrogens is 352 g/mol. The van der Waals surface area contributed by atoms with Gasteiger partial charge in [0, 0.05) is 31.1 Å². The molecule has 1 N–H and O–H groups in total. The number of nitrogens with zero attached hydrogens (tertiary/aromatic N) is 5. The second-order valence-electron chi connectivity index (χ2n) is 5.93. The van der Waals surface area contributed by atoms with Crippen molar-refractivity contribution in [2.75, 3.05) is 18.9 Å². The quantitative estimate of drug-likeness (QED) is 0.658. The zero-order valence-corrected chi connectivity index (χ0v) is 14.9. The number of thioether (sulfide) groups is 1. The van der Waals surface area contributed by atoms with Crippen LogP contribution >= 0.6 is 11.8 Å². The van der Waals surface area contributed by atoms with Crippen molar-refractivity contribution in [2.45, 2.75) is 24.1 Å². The van der Waals surface area contributed by atoms with Crippen molar-refractivity contribution in [3.63, 3.8) is 0 Å². The monoisotopic (exact) mass is 370 g/mol. The SMILES string of the molecule is O=C(CSc1nnc2ccc(-c3ccncc3)nn12)NC[C@H]1CCCO1. The van der Waals surface area contributed by atoms with E-state index in [0.717, 1.165) is 30.7 Å². The molecule has 26 heavy (non-hydrogen) atoms. The van der Waals surface area contributed by atoms with Gasteiger partial charge >= 0.3 is 0 Å². The van der Waals surface area contributed by atoms with Crippen LogP contribution in [0.1, 0.15) is 12.8 Å². The van der Waals surface area contributed by atoms with Crippen LogP contribution in [0.4, 0.5) is 0 Å². The second kappa shape index (κ2) is 7.79. The fourth-order valence-electron chi connectivity index (χ4n) is 2.75. The molecule has 3 aromatic rings. The third-order valence-corrected chi connectivity index (χ3v) is 5.01. The van der Waals surface area contributed by atoms with Gasteiger partial charge in [-0.3, -0.25) is 9.78 Å². The van der Waals surface area contributed by atoms with Crippen LogP contribution < -0.4 is 5.32 Å². The van der Waals surface area contributed by atoms with Crippen molar-refractivity contribution in [3.05, 3.63) is 36.7 Å². The Balaban J connectivity index is 1.42. The lowest BCUT2D eigenvalue weighted by atomic mass is 10.2. The molecular formula is C17H18N6O2S. The molecule has 0 spiro atoms. The number of fused-ring (bicyclic) bond motifs is 1. The Kier molecular flexibility index (Phi) is 5.07. The van der Waals surface area contributed by atoms with Crippen LogP contribution in [-0.4, -0.2) is 55.7 Å². The van der Waals surface area contributed by atoms with Crippen LogP contribution in [-0.2, 0) is 9.53 Å². The van der Waals surface area contributed by atoms with Crippen LogP contribution in [0.3, 0.4) is 0 Å². The highest BCUT2D eigenvalue weighted by Crippen LogP contribution is 2.20. The molecule has 1 amide bonds. The third-order valence-electron chi connectivity index (χ3n) is 4.09. The Hall–Kier alpha value is -2.52. The van der Waals surface area contributed by atoms with E-state index in [1.807, 2.05) is 24.3 Å². The van der Waals surface area contributed by atoms with E-state index in [1.54, 1.807) is 16.9 Å². The Morgan fingerprint density at radius 2 is 2.15 bits per heavy atom. The zero-order valence-electron chi connectivity index (χ0n) is 14.0. The molecule has 0 aliphatic carbocycles. The van der Waals surface area contributed by atoms with E-state index in [9.17, 15) is 4.79 Å². The maximum atomic E-state index is 12.0. The highest BCUT2D eigenvalue weighted by atomic mass is 32.2. The molecule has 0 radical (unpaired) electrons. The van der Waals surface area contributed by atoms with E-state index in [0.29, 0.717) is 17.3 Å². The number of ether oxygens (including phenoxy) is 1. The first-order chi connectivity index (χ1) is 12.8. The summed E-state index contributed by atoms with van der Waals surface area (Å²) in [6, 6.07) is 7.53. The number of nitrogens with one attached hydrogen (secondary N) is 1. The lowest BCUT2D eigenvalue weighted by molar-refractivity contribution is -0.119. The van der Waals surface area contributed by atoms with Crippen LogP contribution in [0.25, 0.3) is 16.9 Å². The molecule has 8 nitrogen and oxygen atoms in total. The molecule has 0 bridgehead atoms. The second-order valence-corrected chi connectivity index (χ2v) is 6.88. The number of rotatable bonds is 6. The predicted octanol–water partition coefficient (Wildman–Crippen LogP) is 1.57. The smallest absolute Gasteiger partial charge is 0.230 e. The van der Waals surface area contributed by atoms with E-state index in [2.05, 4.69) is 25.6 Å². The normalized spacial score (nSPS) is 16.8. The third kappa shape index (κ3) is 3.83. The molecule has 1 aliphatic rings. The van der Waals surface area contributed by atoms with Crippen molar-refractivity contribution >= 4 is 23.3 Å². The highest BCUT2D eigenvalue weighted by molar-refractivity contribution is 7.99. The summed E-state index contributed by atoms with van der Waals surface area (Å²) >= 11 is 1.31. The summed E-state index contributed by atoms with van der Waals surface area (Å²) in [5.41, 5.74) is 2.40. The van der Waals surface area contributed by atoms with Gasteiger partial charge in [0.05, 0.1) is 17.6 Å². The maximum absolute atomic E-state index is 12.0.